The van der Waals surface area contributed by atoms with E-state index in [0.717, 1.165) is 35.4 Å². The molecule has 25 heavy (non-hydrogen) atoms. The number of piperidine rings is 1. The molecule has 1 aliphatic heterocycles. The monoisotopic (exact) mass is 361 g/mol. The zero-order chi connectivity index (χ0) is 18.0. The Morgan fingerprint density at radius 1 is 1.40 bits per heavy atom. The van der Waals surface area contributed by atoms with Gasteiger partial charge in [0.2, 0.25) is 11.8 Å². The summed E-state index contributed by atoms with van der Waals surface area (Å²) in [5, 5.41) is 3.50. The summed E-state index contributed by atoms with van der Waals surface area (Å²) in [6.45, 7) is 5.01. The van der Waals surface area contributed by atoms with Crippen molar-refractivity contribution in [2.75, 3.05) is 25.5 Å². The van der Waals surface area contributed by atoms with Crippen molar-refractivity contribution in [2.45, 2.75) is 26.7 Å². The van der Waals surface area contributed by atoms with Crippen LogP contribution in [-0.4, -0.2) is 41.9 Å². The Bertz CT molecular complexity index is 787. The Kier molecular flexibility index (Phi) is 5.22. The van der Waals surface area contributed by atoms with E-state index < -0.39 is 0 Å². The molecule has 1 fully saturated rings. The van der Waals surface area contributed by atoms with E-state index in [1.807, 2.05) is 36.9 Å². The Morgan fingerprint density at radius 2 is 2.20 bits per heavy atom. The Labute approximate surface area is 151 Å². The predicted octanol–water partition coefficient (Wildman–Crippen LogP) is 3.14. The molecule has 6 nitrogen and oxygen atoms in total. The van der Waals surface area contributed by atoms with E-state index in [4.69, 9.17) is 4.74 Å². The third-order valence-corrected chi connectivity index (χ3v) is 5.36. The molecule has 1 aromatic heterocycles. The number of thiazole rings is 1. The van der Waals surface area contributed by atoms with Crippen molar-refractivity contribution >= 4 is 38.5 Å². The molecule has 0 saturated carbocycles. The highest BCUT2D eigenvalue weighted by Crippen LogP contribution is 2.30. The van der Waals surface area contributed by atoms with Crippen LogP contribution in [0, 0.1) is 11.8 Å². The van der Waals surface area contributed by atoms with Gasteiger partial charge in [0.25, 0.3) is 0 Å². The minimum Gasteiger partial charge on any atom is -0.497 e. The topological polar surface area (TPSA) is 71.5 Å². The molecule has 0 unspecified atom stereocenters. The molecule has 0 radical (unpaired) electrons. The standard InChI is InChI=1S/C18H23N3O3S/c1-11(2)17(23)21-8-4-5-12(10-21)16(22)20-18-19-14-7-6-13(24-3)9-15(14)25-18/h6-7,9,11-12H,4-5,8,10H2,1-3H3,(H,19,20,22)/t12-/m1/s1. The quantitative estimate of drug-likeness (QED) is 0.908. The lowest BCUT2D eigenvalue weighted by molar-refractivity contribution is -0.137. The highest BCUT2D eigenvalue weighted by atomic mass is 32.1. The minimum atomic E-state index is -0.182. The van der Waals surface area contributed by atoms with Gasteiger partial charge in [-0.15, -0.1) is 0 Å². The van der Waals surface area contributed by atoms with Crippen molar-refractivity contribution in [3.8, 4) is 5.75 Å². The second-order valence-corrected chi connectivity index (χ2v) is 7.65. The van der Waals surface area contributed by atoms with Crippen LogP contribution < -0.4 is 10.1 Å². The third kappa shape index (κ3) is 3.92. The zero-order valence-corrected chi connectivity index (χ0v) is 15.6. The van der Waals surface area contributed by atoms with Gasteiger partial charge in [0.15, 0.2) is 5.13 Å². The van der Waals surface area contributed by atoms with Gasteiger partial charge in [-0.05, 0) is 31.0 Å². The van der Waals surface area contributed by atoms with Crippen LogP contribution in [0.4, 0.5) is 5.13 Å². The summed E-state index contributed by atoms with van der Waals surface area (Å²) in [7, 11) is 1.62. The summed E-state index contributed by atoms with van der Waals surface area (Å²) in [6.07, 6.45) is 1.65. The van der Waals surface area contributed by atoms with E-state index in [9.17, 15) is 9.59 Å². The van der Waals surface area contributed by atoms with Crippen molar-refractivity contribution in [3.63, 3.8) is 0 Å². The second-order valence-electron chi connectivity index (χ2n) is 6.62. The number of amides is 2. The molecule has 134 valence electrons. The molecule has 1 N–H and O–H groups in total. The van der Waals surface area contributed by atoms with Crippen molar-refractivity contribution in [1.82, 2.24) is 9.88 Å². The highest BCUT2D eigenvalue weighted by molar-refractivity contribution is 7.22. The van der Waals surface area contributed by atoms with Crippen LogP contribution in [-0.2, 0) is 9.59 Å². The molecule has 2 aromatic rings. The summed E-state index contributed by atoms with van der Waals surface area (Å²) in [5.74, 6) is 0.597. The maximum Gasteiger partial charge on any atom is 0.231 e. The van der Waals surface area contributed by atoms with Crippen LogP contribution in [0.2, 0.25) is 0 Å². The smallest absolute Gasteiger partial charge is 0.231 e. The molecule has 0 spiro atoms. The molecule has 1 aromatic carbocycles. The fourth-order valence-electron chi connectivity index (χ4n) is 3.05. The number of likely N-dealkylation sites (tertiary alicyclic amines) is 1. The minimum absolute atomic E-state index is 0.0407. The van der Waals surface area contributed by atoms with E-state index in [1.165, 1.54) is 11.3 Å². The number of methoxy groups -OCH3 is 1. The maximum atomic E-state index is 12.6. The van der Waals surface area contributed by atoms with Crippen molar-refractivity contribution in [1.29, 1.82) is 0 Å². The van der Waals surface area contributed by atoms with Gasteiger partial charge in [0.05, 0.1) is 23.2 Å². The molecular formula is C18H23N3O3S. The largest absolute Gasteiger partial charge is 0.497 e. The molecular weight excluding hydrogens is 338 g/mol. The number of ether oxygens (including phenoxy) is 1. The van der Waals surface area contributed by atoms with Crippen LogP contribution in [0.3, 0.4) is 0 Å². The number of hydrogen-bond acceptors (Lipinski definition) is 5. The van der Waals surface area contributed by atoms with Gasteiger partial charge in [0, 0.05) is 19.0 Å². The van der Waals surface area contributed by atoms with Crippen LogP contribution in [0.15, 0.2) is 18.2 Å². The van der Waals surface area contributed by atoms with Gasteiger partial charge >= 0.3 is 0 Å². The number of carbonyl (C=O) groups is 2. The van der Waals surface area contributed by atoms with Crippen molar-refractivity contribution in [2.24, 2.45) is 11.8 Å². The summed E-state index contributed by atoms with van der Waals surface area (Å²) in [4.78, 5) is 31.0. The average Bonchev–Trinajstić information content (AvgIpc) is 3.02. The molecule has 1 aliphatic rings. The first-order valence-electron chi connectivity index (χ1n) is 8.52. The number of fused-ring (bicyclic) bond motifs is 1. The van der Waals surface area contributed by atoms with Gasteiger partial charge in [-0.3, -0.25) is 9.59 Å². The number of nitrogens with one attached hydrogen (secondary N) is 1. The van der Waals surface area contributed by atoms with Gasteiger partial charge in [-0.1, -0.05) is 25.2 Å². The SMILES string of the molecule is COc1ccc2nc(NC(=O)[C@@H]3CCCN(C(=O)C(C)C)C3)sc2c1. The van der Waals surface area contributed by atoms with E-state index in [-0.39, 0.29) is 23.7 Å². The first-order valence-corrected chi connectivity index (χ1v) is 9.34. The summed E-state index contributed by atoms with van der Waals surface area (Å²) in [5.41, 5.74) is 0.835. The highest BCUT2D eigenvalue weighted by Gasteiger charge is 2.29. The predicted molar refractivity (Wildman–Crippen MR) is 98.9 cm³/mol. The van der Waals surface area contributed by atoms with Crippen LogP contribution in [0.25, 0.3) is 10.2 Å². The van der Waals surface area contributed by atoms with Gasteiger partial charge in [0.1, 0.15) is 5.75 Å². The van der Waals surface area contributed by atoms with Crippen LogP contribution >= 0.6 is 11.3 Å². The molecule has 0 aliphatic carbocycles. The van der Waals surface area contributed by atoms with Gasteiger partial charge in [-0.25, -0.2) is 4.98 Å². The molecule has 7 heteroatoms. The average molecular weight is 361 g/mol. The van der Waals surface area contributed by atoms with Gasteiger partial charge < -0.3 is 15.0 Å². The normalized spacial score (nSPS) is 17.8. The van der Waals surface area contributed by atoms with Crippen molar-refractivity contribution in [3.05, 3.63) is 18.2 Å². The van der Waals surface area contributed by atoms with Crippen molar-refractivity contribution < 1.29 is 14.3 Å². The number of aromatic nitrogens is 1. The zero-order valence-electron chi connectivity index (χ0n) is 14.7. The summed E-state index contributed by atoms with van der Waals surface area (Å²) >= 11 is 1.43. The van der Waals surface area contributed by atoms with Crippen LogP contribution in [0.5, 0.6) is 5.75 Å². The number of carbonyl (C=O) groups excluding carboxylic acids is 2. The Balaban J connectivity index is 1.68. The second kappa shape index (κ2) is 7.39. The number of anilines is 1. The first kappa shape index (κ1) is 17.7. The molecule has 1 saturated heterocycles. The lowest BCUT2D eigenvalue weighted by Gasteiger charge is -2.33. The number of rotatable bonds is 4. The lowest BCUT2D eigenvalue weighted by atomic mass is 9.96. The van der Waals surface area contributed by atoms with Gasteiger partial charge in [-0.2, -0.15) is 0 Å². The lowest BCUT2D eigenvalue weighted by Crippen LogP contribution is -2.45. The Hall–Kier alpha value is -2.15. The number of nitrogens with zero attached hydrogens (tertiary/aromatic N) is 2. The summed E-state index contributed by atoms with van der Waals surface area (Å²) < 4.78 is 6.18. The molecule has 1 atom stereocenters. The molecule has 0 bridgehead atoms. The van der Waals surface area contributed by atoms with E-state index in [0.29, 0.717) is 11.7 Å². The Morgan fingerprint density at radius 3 is 2.92 bits per heavy atom. The fourth-order valence-corrected chi connectivity index (χ4v) is 3.95. The number of hydrogen-bond donors (Lipinski definition) is 1. The first-order chi connectivity index (χ1) is 12.0. The molecule has 2 heterocycles. The molecule has 3 rings (SSSR count). The van der Waals surface area contributed by atoms with E-state index in [2.05, 4.69) is 10.3 Å². The van der Waals surface area contributed by atoms with Crippen LogP contribution in [0.1, 0.15) is 26.7 Å². The summed E-state index contributed by atoms with van der Waals surface area (Å²) in [6, 6.07) is 5.64. The van der Waals surface area contributed by atoms with E-state index >= 15 is 0 Å². The molecule has 2 amide bonds. The fraction of sp³-hybridized carbons (Fsp3) is 0.500. The number of benzene rings is 1. The third-order valence-electron chi connectivity index (χ3n) is 4.42. The van der Waals surface area contributed by atoms with E-state index in [1.54, 1.807) is 7.11 Å². The maximum absolute atomic E-state index is 12.6.